The van der Waals surface area contributed by atoms with Gasteiger partial charge in [-0.1, -0.05) is 0 Å². The van der Waals surface area contributed by atoms with Crippen molar-refractivity contribution >= 4 is 11.8 Å². The van der Waals surface area contributed by atoms with Crippen molar-refractivity contribution < 1.29 is 23.8 Å². The quantitative estimate of drug-likeness (QED) is 0.732. The molecule has 0 saturated heterocycles. The number of benzene rings is 1. The molecule has 5 rings (SSSR count). The SMILES string of the molecule is COc1cc(C(=O)NCC(=O)NC23CC4CC(CC(C4)C2)C3)cc(OC)c1OC. The number of hydrogen-bond acceptors (Lipinski definition) is 5. The molecule has 0 unspecified atom stereocenters. The summed E-state index contributed by atoms with van der Waals surface area (Å²) in [6, 6.07) is 3.15. The number of nitrogens with one attached hydrogen (secondary N) is 2. The highest BCUT2D eigenvalue weighted by molar-refractivity contribution is 5.97. The Labute approximate surface area is 171 Å². The van der Waals surface area contributed by atoms with Gasteiger partial charge < -0.3 is 24.8 Å². The van der Waals surface area contributed by atoms with Crippen molar-refractivity contribution in [3.63, 3.8) is 0 Å². The van der Waals surface area contributed by atoms with Crippen LogP contribution < -0.4 is 24.8 Å². The van der Waals surface area contributed by atoms with Crippen molar-refractivity contribution in [2.75, 3.05) is 27.9 Å². The molecule has 0 spiro atoms. The zero-order valence-corrected chi connectivity index (χ0v) is 17.4. The lowest BCUT2D eigenvalue weighted by atomic mass is 9.53. The molecule has 29 heavy (non-hydrogen) atoms. The van der Waals surface area contributed by atoms with Gasteiger partial charge in [0.05, 0.1) is 27.9 Å². The van der Waals surface area contributed by atoms with E-state index in [1.54, 1.807) is 12.1 Å². The summed E-state index contributed by atoms with van der Waals surface area (Å²) < 4.78 is 15.9. The van der Waals surface area contributed by atoms with Gasteiger partial charge in [-0.25, -0.2) is 0 Å². The number of methoxy groups -OCH3 is 3. The zero-order valence-electron chi connectivity index (χ0n) is 17.4. The average Bonchev–Trinajstić information content (AvgIpc) is 2.69. The summed E-state index contributed by atoms with van der Waals surface area (Å²) in [4.78, 5) is 25.2. The molecule has 4 aliphatic carbocycles. The maximum atomic E-state index is 12.6. The second-order valence-corrected chi connectivity index (χ2v) is 8.84. The summed E-state index contributed by atoms with van der Waals surface area (Å²) in [6.45, 7) is -0.0444. The van der Waals surface area contributed by atoms with Crippen LogP contribution in [-0.4, -0.2) is 45.2 Å². The fourth-order valence-electron chi connectivity index (χ4n) is 6.08. The Hall–Kier alpha value is -2.44. The van der Waals surface area contributed by atoms with Crippen LogP contribution in [-0.2, 0) is 4.79 Å². The van der Waals surface area contributed by atoms with Crippen molar-refractivity contribution in [1.82, 2.24) is 10.6 Å². The topological polar surface area (TPSA) is 85.9 Å². The lowest BCUT2D eigenvalue weighted by Crippen LogP contribution is -2.61. The van der Waals surface area contributed by atoms with E-state index in [1.807, 2.05) is 0 Å². The van der Waals surface area contributed by atoms with Crippen molar-refractivity contribution in [3.05, 3.63) is 17.7 Å². The van der Waals surface area contributed by atoms with Crippen LogP contribution in [0.4, 0.5) is 0 Å². The molecule has 4 fully saturated rings. The van der Waals surface area contributed by atoms with E-state index in [0.717, 1.165) is 37.0 Å². The summed E-state index contributed by atoms with van der Waals surface area (Å²) >= 11 is 0. The number of ether oxygens (including phenoxy) is 3. The normalized spacial score (nSPS) is 29.3. The molecule has 0 atom stereocenters. The number of hydrogen-bond donors (Lipinski definition) is 2. The van der Waals surface area contributed by atoms with Crippen LogP contribution in [0.25, 0.3) is 0 Å². The monoisotopic (exact) mass is 402 g/mol. The van der Waals surface area contributed by atoms with E-state index < -0.39 is 0 Å². The third-order valence-electron chi connectivity index (χ3n) is 6.78. The van der Waals surface area contributed by atoms with E-state index in [1.165, 1.54) is 40.6 Å². The van der Waals surface area contributed by atoms with Crippen molar-refractivity contribution in [1.29, 1.82) is 0 Å². The smallest absolute Gasteiger partial charge is 0.251 e. The van der Waals surface area contributed by atoms with Gasteiger partial charge in [0.15, 0.2) is 11.5 Å². The van der Waals surface area contributed by atoms with Crippen LogP contribution in [0.5, 0.6) is 17.2 Å². The maximum Gasteiger partial charge on any atom is 0.251 e. The van der Waals surface area contributed by atoms with E-state index in [2.05, 4.69) is 10.6 Å². The maximum absolute atomic E-state index is 12.6. The molecule has 0 radical (unpaired) electrons. The van der Waals surface area contributed by atoms with E-state index in [4.69, 9.17) is 14.2 Å². The van der Waals surface area contributed by atoms with E-state index in [-0.39, 0.29) is 23.9 Å². The Morgan fingerprint density at radius 3 is 1.90 bits per heavy atom. The molecular weight excluding hydrogens is 372 g/mol. The molecule has 158 valence electrons. The first-order valence-corrected chi connectivity index (χ1v) is 10.3. The van der Waals surface area contributed by atoms with Crippen LogP contribution in [0.1, 0.15) is 48.9 Å². The molecule has 2 N–H and O–H groups in total. The zero-order chi connectivity index (χ0) is 20.6. The van der Waals surface area contributed by atoms with Gasteiger partial charge in [0.2, 0.25) is 11.7 Å². The van der Waals surface area contributed by atoms with E-state index in [9.17, 15) is 9.59 Å². The number of carbonyl (C=O) groups is 2. The Bertz CT molecular complexity index is 746. The Morgan fingerprint density at radius 1 is 0.931 bits per heavy atom. The van der Waals surface area contributed by atoms with Crippen LogP contribution in [0.15, 0.2) is 12.1 Å². The summed E-state index contributed by atoms with van der Waals surface area (Å²) in [5.74, 6) is 3.02. The van der Waals surface area contributed by atoms with Crippen LogP contribution in [0, 0.1) is 17.8 Å². The molecular formula is C22H30N2O5. The minimum atomic E-state index is -0.357. The largest absolute Gasteiger partial charge is 0.493 e. The number of rotatable bonds is 7. The summed E-state index contributed by atoms with van der Waals surface area (Å²) in [7, 11) is 4.50. The molecule has 1 aromatic rings. The van der Waals surface area contributed by atoms with Gasteiger partial charge in [0.1, 0.15) is 0 Å². The van der Waals surface area contributed by atoms with Gasteiger partial charge in [-0.3, -0.25) is 9.59 Å². The number of amides is 2. The fraction of sp³-hybridized carbons (Fsp3) is 0.636. The summed E-state index contributed by atoms with van der Waals surface area (Å²) in [5.41, 5.74) is 0.297. The fourth-order valence-corrected chi connectivity index (χ4v) is 6.08. The second-order valence-electron chi connectivity index (χ2n) is 8.84. The molecule has 0 aliphatic heterocycles. The summed E-state index contributed by atoms with van der Waals surface area (Å²) in [6.07, 6.45) is 7.25. The third-order valence-corrected chi connectivity index (χ3v) is 6.78. The van der Waals surface area contributed by atoms with Crippen molar-refractivity contribution in [2.24, 2.45) is 17.8 Å². The molecule has 4 aliphatic rings. The van der Waals surface area contributed by atoms with E-state index in [0.29, 0.717) is 22.8 Å². The predicted octanol–water partition coefficient (Wildman–Crippen LogP) is 2.53. The summed E-state index contributed by atoms with van der Waals surface area (Å²) in [5, 5.41) is 5.99. The molecule has 0 aromatic heterocycles. The Balaban J connectivity index is 1.38. The highest BCUT2D eigenvalue weighted by Crippen LogP contribution is 2.55. The van der Waals surface area contributed by atoms with E-state index >= 15 is 0 Å². The van der Waals surface area contributed by atoms with Crippen LogP contribution in [0.3, 0.4) is 0 Å². The second kappa shape index (κ2) is 7.76. The third kappa shape index (κ3) is 3.87. The van der Waals surface area contributed by atoms with Crippen molar-refractivity contribution in [3.8, 4) is 17.2 Å². The highest BCUT2D eigenvalue weighted by atomic mass is 16.5. The van der Waals surface area contributed by atoms with Gasteiger partial charge in [0, 0.05) is 11.1 Å². The average molecular weight is 402 g/mol. The minimum absolute atomic E-state index is 0.0444. The Morgan fingerprint density at radius 2 is 1.45 bits per heavy atom. The molecule has 4 saturated carbocycles. The molecule has 0 heterocycles. The lowest BCUT2D eigenvalue weighted by molar-refractivity contribution is -0.125. The molecule has 7 nitrogen and oxygen atoms in total. The van der Waals surface area contributed by atoms with Gasteiger partial charge >= 0.3 is 0 Å². The van der Waals surface area contributed by atoms with Crippen molar-refractivity contribution in [2.45, 2.75) is 44.1 Å². The lowest BCUT2D eigenvalue weighted by Gasteiger charge is -2.56. The highest BCUT2D eigenvalue weighted by Gasteiger charge is 2.51. The van der Waals surface area contributed by atoms with Crippen LogP contribution >= 0.6 is 0 Å². The van der Waals surface area contributed by atoms with Gasteiger partial charge in [-0.2, -0.15) is 0 Å². The Kier molecular flexibility index (Phi) is 5.32. The molecule has 2 amide bonds. The first-order valence-electron chi connectivity index (χ1n) is 10.3. The molecule has 4 bridgehead atoms. The molecule has 7 heteroatoms. The predicted molar refractivity (Wildman–Crippen MR) is 107 cm³/mol. The minimum Gasteiger partial charge on any atom is -0.493 e. The first-order chi connectivity index (χ1) is 13.9. The molecule has 1 aromatic carbocycles. The van der Waals surface area contributed by atoms with Crippen LogP contribution in [0.2, 0.25) is 0 Å². The van der Waals surface area contributed by atoms with Gasteiger partial charge in [-0.05, 0) is 68.4 Å². The first kappa shape index (κ1) is 19.9. The number of carbonyl (C=O) groups excluding carboxylic acids is 2. The van der Waals surface area contributed by atoms with Gasteiger partial charge in [0.25, 0.3) is 5.91 Å². The standard InChI is InChI=1S/C22H30N2O5/c1-27-17-7-16(8-18(28-2)20(17)29-3)21(26)23-12-19(25)24-22-9-13-4-14(10-22)6-15(5-13)11-22/h7-8,13-15H,4-6,9-12H2,1-3H3,(H,23,26)(H,24,25). The van der Waals surface area contributed by atoms with Gasteiger partial charge in [-0.15, -0.1) is 0 Å².